The summed E-state index contributed by atoms with van der Waals surface area (Å²) >= 11 is 0. The van der Waals surface area contributed by atoms with Gasteiger partial charge in [-0.05, 0) is 109 Å². The number of amides is 1. The van der Waals surface area contributed by atoms with Crippen LogP contribution in [0.3, 0.4) is 0 Å². The molecule has 2 atom stereocenters. The van der Waals surface area contributed by atoms with E-state index in [9.17, 15) is 15.0 Å². The molecule has 0 heterocycles. The van der Waals surface area contributed by atoms with Gasteiger partial charge in [0.1, 0.15) is 0 Å². The van der Waals surface area contributed by atoms with Crippen LogP contribution in [0.2, 0.25) is 0 Å². The Bertz CT molecular complexity index is 1500. The standard InChI is InChI=1S/C71H121NO3/c1-3-5-7-9-11-13-15-17-19-21-23-25-27-28-29-30-31-32-33-34-35-36-37-38-39-40-41-42-43-44-45-47-49-51-53-55-57-59-61-63-65-67-71(75)72-69(68-73)70(74)66-64-62-60-58-56-54-52-50-48-46-26-24-22-20-18-16-14-12-10-8-6-4-2/h5,7,11,13,17,19,23,25,28-29,31-32,34-35,37-38,48,50,56,58,64,66,69-70,73-74H,3-4,6,8-10,12,14-16,18,20-22,24,26-27,30,33,36,39-47,49,51-55,57,59-63,65,67-68H2,1-2H3,(H,72,75)/b7-5-,13-11-,19-17-,25-23-,29-28-,32-31-,35-34-,38-37-,50-48+,58-56+,66-64+. The minimum absolute atomic E-state index is 0.0798. The highest BCUT2D eigenvalue weighted by molar-refractivity contribution is 5.76. The maximum Gasteiger partial charge on any atom is 0.220 e. The van der Waals surface area contributed by atoms with E-state index >= 15 is 0 Å². The molecule has 0 aromatic heterocycles. The number of unbranched alkanes of at least 4 members (excludes halogenated alkanes) is 30. The van der Waals surface area contributed by atoms with Gasteiger partial charge in [-0.1, -0.05) is 308 Å². The molecular formula is C71H121NO3. The summed E-state index contributed by atoms with van der Waals surface area (Å²) in [7, 11) is 0. The largest absolute Gasteiger partial charge is 0.394 e. The van der Waals surface area contributed by atoms with Gasteiger partial charge in [-0.25, -0.2) is 0 Å². The maximum atomic E-state index is 12.5. The van der Waals surface area contributed by atoms with E-state index in [1.54, 1.807) is 6.08 Å². The summed E-state index contributed by atoms with van der Waals surface area (Å²) in [5.41, 5.74) is 0. The Morgan fingerprint density at radius 3 is 0.933 bits per heavy atom. The SMILES string of the molecule is CC/C=C\C/C=C\C/C=C\C/C=C\C/C=C\C/C=C\C/C=C\C/C=C\CCCCCCCCCCCCCCCCCCC(=O)NC(CO)C(O)/C=C/CC/C=C/CC/C=C/CCCCCCCCCCCCCC. The second kappa shape index (κ2) is 64.8. The number of carbonyl (C=O) groups is 1. The normalized spacial score (nSPS) is 13.7. The smallest absolute Gasteiger partial charge is 0.220 e. The second-order valence-electron chi connectivity index (χ2n) is 21.1. The van der Waals surface area contributed by atoms with Crippen LogP contribution in [-0.4, -0.2) is 34.9 Å². The van der Waals surface area contributed by atoms with Gasteiger partial charge in [-0.15, -0.1) is 0 Å². The molecule has 0 aliphatic rings. The first-order chi connectivity index (χ1) is 37.2. The Hall–Kier alpha value is -3.47. The third kappa shape index (κ3) is 61.3. The first-order valence-corrected chi connectivity index (χ1v) is 31.9. The lowest BCUT2D eigenvalue weighted by atomic mass is 10.0. The molecule has 0 saturated heterocycles. The quantitative estimate of drug-likeness (QED) is 0.0420. The van der Waals surface area contributed by atoms with Gasteiger partial charge >= 0.3 is 0 Å². The average molecular weight is 1040 g/mol. The number of aliphatic hydroxyl groups excluding tert-OH is 2. The number of nitrogens with one attached hydrogen (secondary N) is 1. The minimum Gasteiger partial charge on any atom is -0.394 e. The van der Waals surface area contributed by atoms with Crippen molar-refractivity contribution in [3.8, 4) is 0 Å². The molecule has 0 aliphatic carbocycles. The van der Waals surface area contributed by atoms with Gasteiger partial charge in [0, 0.05) is 6.42 Å². The van der Waals surface area contributed by atoms with Crippen molar-refractivity contribution in [3.63, 3.8) is 0 Å². The molecule has 0 rings (SSSR count). The number of hydrogen-bond acceptors (Lipinski definition) is 3. The first kappa shape index (κ1) is 71.5. The zero-order chi connectivity index (χ0) is 54.1. The molecule has 0 spiro atoms. The molecular weight excluding hydrogens is 915 g/mol. The van der Waals surface area contributed by atoms with Crippen molar-refractivity contribution in [2.24, 2.45) is 0 Å². The molecule has 0 aliphatic heterocycles. The summed E-state index contributed by atoms with van der Waals surface area (Å²) in [6.45, 7) is 4.19. The van der Waals surface area contributed by atoms with Gasteiger partial charge in [0.15, 0.2) is 0 Å². The number of rotatable bonds is 57. The molecule has 0 saturated carbocycles. The van der Waals surface area contributed by atoms with E-state index in [2.05, 4.69) is 141 Å². The molecule has 0 fully saturated rings. The van der Waals surface area contributed by atoms with Crippen molar-refractivity contribution in [1.29, 1.82) is 0 Å². The molecule has 1 amide bonds. The maximum absolute atomic E-state index is 12.5. The van der Waals surface area contributed by atoms with E-state index in [1.165, 1.54) is 180 Å². The number of allylic oxidation sites excluding steroid dienone is 21. The van der Waals surface area contributed by atoms with Crippen LogP contribution in [0, 0.1) is 0 Å². The summed E-state index contributed by atoms with van der Waals surface area (Å²) in [6, 6.07) is -0.653. The molecule has 3 N–H and O–H groups in total. The van der Waals surface area contributed by atoms with Crippen molar-refractivity contribution in [2.45, 2.75) is 302 Å². The zero-order valence-electron chi connectivity index (χ0n) is 49.3. The van der Waals surface area contributed by atoms with Crippen LogP contribution < -0.4 is 5.32 Å². The predicted molar refractivity (Wildman–Crippen MR) is 335 cm³/mol. The Balaban J connectivity index is 3.56. The summed E-state index contributed by atoms with van der Waals surface area (Å²) in [5, 5.41) is 23.2. The Kier molecular flexibility index (Phi) is 61.8. The highest BCUT2D eigenvalue weighted by Crippen LogP contribution is 2.16. The van der Waals surface area contributed by atoms with Gasteiger partial charge in [0.05, 0.1) is 18.8 Å². The molecule has 428 valence electrons. The molecule has 0 radical (unpaired) electrons. The number of carbonyl (C=O) groups excluding carboxylic acids is 1. The van der Waals surface area contributed by atoms with Crippen LogP contribution in [-0.2, 0) is 4.79 Å². The van der Waals surface area contributed by atoms with E-state index in [0.717, 1.165) is 89.9 Å². The second-order valence-corrected chi connectivity index (χ2v) is 21.1. The minimum atomic E-state index is -0.878. The topological polar surface area (TPSA) is 69.6 Å². The van der Waals surface area contributed by atoms with Gasteiger partial charge in [0.2, 0.25) is 5.91 Å². The fourth-order valence-corrected chi connectivity index (χ4v) is 9.05. The average Bonchev–Trinajstić information content (AvgIpc) is 3.41. The van der Waals surface area contributed by atoms with Gasteiger partial charge in [0.25, 0.3) is 0 Å². The van der Waals surface area contributed by atoms with E-state index in [1.807, 2.05) is 6.08 Å². The van der Waals surface area contributed by atoms with Crippen LogP contribution in [0.25, 0.3) is 0 Å². The van der Waals surface area contributed by atoms with Crippen molar-refractivity contribution < 1.29 is 15.0 Å². The number of hydrogen-bond donors (Lipinski definition) is 3. The first-order valence-electron chi connectivity index (χ1n) is 31.9. The van der Waals surface area contributed by atoms with E-state index in [0.29, 0.717) is 6.42 Å². The van der Waals surface area contributed by atoms with Crippen molar-refractivity contribution in [1.82, 2.24) is 5.32 Å². The van der Waals surface area contributed by atoms with Crippen LogP contribution in [0.5, 0.6) is 0 Å². The fourth-order valence-electron chi connectivity index (χ4n) is 9.05. The molecule has 0 aromatic carbocycles. The van der Waals surface area contributed by atoms with Crippen molar-refractivity contribution in [3.05, 3.63) is 134 Å². The molecule has 0 aromatic rings. The Morgan fingerprint density at radius 2 is 0.600 bits per heavy atom. The lowest BCUT2D eigenvalue weighted by molar-refractivity contribution is -0.123. The lowest BCUT2D eigenvalue weighted by Gasteiger charge is -2.19. The predicted octanol–water partition coefficient (Wildman–Crippen LogP) is 21.8. The molecule has 75 heavy (non-hydrogen) atoms. The fraction of sp³-hybridized carbons (Fsp3) is 0.676. The van der Waals surface area contributed by atoms with Gasteiger partial charge in [-0.2, -0.15) is 0 Å². The summed E-state index contributed by atoms with van der Waals surface area (Å²) in [5.74, 6) is -0.0798. The van der Waals surface area contributed by atoms with Gasteiger partial charge in [-0.3, -0.25) is 4.79 Å². The summed E-state index contributed by atoms with van der Waals surface area (Å²) in [4.78, 5) is 12.5. The summed E-state index contributed by atoms with van der Waals surface area (Å²) in [6.07, 6.45) is 101. The molecule has 2 unspecified atom stereocenters. The van der Waals surface area contributed by atoms with Gasteiger partial charge < -0.3 is 15.5 Å². The lowest BCUT2D eigenvalue weighted by Crippen LogP contribution is -2.45. The zero-order valence-corrected chi connectivity index (χ0v) is 49.3. The van der Waals surface area contributed by atoms with Crippen LogP contribution in [0.1, 0.15) is 290 Å². The third-order valence-electron chi connectivity index (χ3n) is 13.8. The van der Waals surface area contributed by atoms with Crippen LogP contribution in [0.4, 0.5) is 0 Å². The van der Waals surface area contributed by atoms with E-state index < -0.39 is 12.1 Å². The highest BCUT2D eigenvalue weighted by Gasteiger charge is 2.18. The molecule has 4 nitrogen and oxygen atoms in total. The van der Waals surface area contributed by atoms with Crippen LogP contribution >= 0.6 is 0 Å². The Labute approximate surface area is 466 Å². The highest BCUT2D eigenvalue weighted by atomic mass is 16.3. The monoisotopic (exact) mass is 1040 g/mol. The van der Waals surface area contributed by atoms with Crippen molar-refractivity contribution >= 4 is 5.91 Å². The van der Waals surface area contributed by atoms with Crippen LogP contribution in [0.15, 0.2) is 134 Å². The van der Waals surface area contributed by atoms with E-state index in [-0.39, 0.29) is 12.5 Å². The Morgan fingerprint density at radius 1 is 0.333 bits per heavy atom. The van der Waals surface area contributed by atoms with E-state index in [4.69, 9.17) is 0 Å². The molecule has 0 bridgehead atoms. The number of aliphatic hydroxyl groups is 2. The summed E-state index contributed by atoms with van der Waals surface area (Å²) < 4.78 is 0. The van der Waals surface area contributed by atoms with Crippen molar-refractivity contribution in [2.75, 3.05) is 6.61 Å². The molecule has 4 heteroatoms. The third-order valence-corrected chi connectivity index (χ3v) is 13.8.